The van der Waals surface area contributed by atoms with Crippen LogP contribution >= 0.6 is 22.9 Å². The van der Waals surface area contributed by atoms with Crippen molar-refractivity contribution in [3.05, 3.63) is 57.2 Å². The summed E-state index contributed by atoms with van der Waals surface area (Å²) in [5, 5.41) is 2.69. The lowest BCUT2D eigenvalue weighted by Gasteiger charge is -2.15. The highest BCUT2D eigenvalue weighted by molar-refractivity contribution is 7.16. The number of esters is 1. The minimum Gasteiger partial charge on any atom is -0.467 e. The summed E-state index contributed by atoms with van der Waals surface area (Å²) in [4.78, 5) is 24.9. The Balaban J connectivity index is 2.09. The second kappa shape index (κ2) is 7.24. The molecule has 1 heterocycles. The Morgan fingerprint density at radius 2 is 1.95 bits per heavy atom. The van der Waals surface area contributed by atoms with Crippen molar-refractivity contribution in [3.63, 3.8) is 0 Å². The molecule has 110 valence electrons. The Labute approximate surface area is 131 Å². The van der Waals surface area contributed by atoms with Crippen molar-refractivity contribution in [2.24, 2.45) is 0 Å². The highest BCUT2D eigenvalue weighted by atomic mass is 35.5. The molecule has 21 heavy (non-hydrogen) atoms. The molecule has 0 bridgehead atoms. The van der Waals surface area contributed by atoms with E-state index in [2.05, 4.69) is 5.32 Å². The van der Waals surface area contributed by atoms with Crippen LogP contribution < -0.4 is 5.32 Å². The molecule has 0 saturated carbocycles. The molecule has 1 atom stereocenters. The minimum atomic E-state index is -0.738. The molecular weight excluding hydrogens is 310 g/mol. The highest BCUT2D eigenvalue weighted by Crippen LogP contribution is 2.22. The van der Waals surface area contributed by atoms with E-state index in [9.17, 15) is 9.59 Å². The lowest BCUT2D eigenvalue weighted by molar-refractivity contribution is -0.142. The lowest BCUT2D eigenvalue weighted by atomic mass is 10.1. The SMILES string of the molecule is COC(=O)[C@H](Cc1ccc(Cl)s1)NC(=O)c1ccccc1. The van der Waals surface area contributed by atoms with Gasteiger partial charge in [-0.3, -0.25) is 4.79 Å². The van der Waals surface area contributed by atoms with Gasteiger partial charge in [-0.15, -0.1) is 11.3 Å². The number of carbonyl (C=O) groups is 2. The van der Waals surface area contributed by atoms with Crippen LogP contribution in [0.1, 0.15) is 15.2 Å². The van der Waals surface area contributed by atoms with Crippen molar-refractivity contribution in [2.45, 2.75) is 12.5 Å². The van der Waals surface area contributed by atoms with Crippen LogP contribution in [0, 0.1) is 0 Å². The largest absolute Gasteiger partial charge is 0.467 e. The zero-order valence-electron chi connectivity index (χ0n) is 11.3. The first-order chi connectivity index (χ1) is 10.1. The lowest BCUT2D eigenvalue weighted by Crippen LogP contribution is -2.42. The van der Waals surface area contributed by atoms with Gasteiger partial charge >= 0.3 is 5.97 Å². The monoisotopic (exact) mass is 323 g/mol. The van der Waals surface area contributed by atoms with Gasteiger partial charge in [-0.05, 0) is 24.3 Å². The van der Waals surface area contributed by atoms with Gasteiger partial charge in [0, 0.05) is 16.9 Å². The molecule has 0 saturated heterocycles. The van der Waals surface area contributed by atoms with Gasteiger partial charge in [0.2, 0.25) is 0 Å². The minimum absolute atomic E-state index is 0.311. The van der Waals surface area contributed by atoms with Crippen molar-refractivity contribution in [2.75, 3.05) is 7.11 Å². The third kappa shape index (κ3) is 4.31. The van der Waals surface area contributed by atoms with Crippen LogP contribution in [-0.4, -0.2) is 25.0 Å². The topological polar surface area (TPSA) is 55.4 Å². The molecule has 0 spiro atoms. The summed E-state index contributed by atoms with van der Waals surface area (Å²) in [7, 11) is 1.30. The molecule has 0 aliphatic rings. The summed E-state index contributed by atoms with van der Waals surface area (Å²) in [6.45, 7) is 0. The molecule has 2 aromatic rings. The van der Waals surface area contributed by atoms with Crippen LogP contribution in [0.15, 0.2) is 42.5 Å². The van der Waals surface area contributed by atoms with E-state index in [1.807, 2.05) is 12.1 Å². The molecule has 1 aromatic carbocycles. The maximum atomic E-state index is 12.1. The fourth-order valence-corrected chi connectivity index (χ4v) is 2.96. The van der Waals surface area contributed by atoms with Gasteiger partial charge in [-0.1, -0.05) is 29.8 Å². The number of ether oxygens (including phenoxy) is 1. The van der Waals surface area contributed by atoms with E-state index in [4.69, 9.17) is 16.3 Å². The highest BCUT2D eigenvalue weighted by Gasteiger charge is 2.23. The Bertz CT molecular complexity index is 627. The first kappa shape index (κ1) is 15.5. The number of rotatable bonds is 5. The average molecular weight is 324 g/mol. The zero-order valence-corrected chi connectivity index (χ0v) is 12.9. The number of hydrogen-bond donors (Lipinski definition) is 1. The predicted molar refractivity (Wildman–Crippen MR) is 82.7 cm³/mol. The molecule has 0 radical (unpaired) electrons. The van der Waals surface area contributed by atoms with Gasteiger partial charge in [0.25, 0.3) is 5.91 Å². The zero-order chi connectivity index (χ0) is 15.2. The Morgan fingerprint density at radius 3 is 2.52 bits per heavy atom. The Morgan fingerprint density at radius 1 is 1.24 bits per heavy atom. The number of methoxy groups -OCH3 is 1. The van der Waals surface area contributed by atoms with E-state index < -0.39 is 12.0 Å². The van der Waals surface area contributed by atoms with E-state index in [1.54, 1.807) is 30.3 Å². The molecule has 6 heteroatoms. The summed E-state index contributed by atoms with van der Waals surface area (Å²) in [6.07, 6.45) is 0.350. The first-order valence-corrected chi connectivity index (χ1v) is 7.47. The number of benzene rings is 1. The van der Waals surface area contributed by atoms with Crippen LogP contribution in [-0.2, 0) is 16.0 Å². The van der Waals surface area contributed by atoms with Crippen molar-refractivity contribution in [3.8, 4) is 0 Å². The van der Waals surface area contributed by atoms with Gasteiger partial charge in [0.15, 0.2) is 0 Å². The van der Waals surface area contributed by atoms with E-state index >= 15 is 0 Å². The van der Waals surface area contributed by atoms with Crippen molar-refractivity contribution >= 4 is 34.8 Å². The molecule has 1 aromatic heterocycles. The molecule has 0 unspecified atom stereocenters. The third-order valence-electron chi connectivity index (χ3n) is 2.86. The quantitative estimate of drug-likeness (QED) is 0.861. The summed E-state index contributed by atoms with van der Waals surface area (Å²) >= 11 is 7.25. The van der Waals surface area contributed by atoms with Crippen LogP contribution in [0.4, 0.5) is 0 Å². The number of thiophene rings is 1. The van der Waals surface area contributed by atoms with E-state index in [1.165, 1.54) is 18.4 Å². The standard InChI is InChI=1S/C15H14ClNO3S/c1-20-15(19)12(9-11-7-8-13(16)21-11)17-14(18)10-5-3-2-4-6-10/h2-8,12H,9H2,1H3,(H,17,18)/t12-/m0/s1. The number of hydrogen-bond acceptors (Lipinski definition) is 4. The molecule has 1 amide bonds. The summed E-state index contributed by atoms with van der Waals surface area (Å²) in [6, 6.07) is 11.6. The summed E-state index contributed by atoms with van der Waals surface area (Å²) in [5.41, 5.74) is 0.496. The van der Waals surface area contributed by atoms with E-state index in [-0.39, 0.29) is 5.91 Å². The van der Waals surface area contributed by atoms with Gasteiger partial charge in [0.05, 0.1) is 11.4 Å². The second-order valence-electron chi connectivity index (χ2n) is 4.33. The average Bonchev–Trinajstić information content (AvgIpc) is 2.91. The van der Waals surface area contributed by atoms with Crippen LogP contribution in [0.25, 0.3) is 0 Å². The fraction of sp³-hybridized carbons (Fsp3) is 0.200. The molecule has 2 rings (SSSR count). The normalized spacial score (nSPS) is 11.7. The van der Waals surface area contributed by atoms with Gasteiger partial charge in [-0.25, -0.2) is 4.79 Å². The Kier molecular flexibility index (Phi) is 5.36. The number of nitrogens with one attached hydrogen (secondary N) is 1. The van der Waals surface area contributed by atoms with Crippen LogP contribution in [0.2, 0.25) is 4.34 Å². The number of amides is 1. The molecule has 0 fully saturated rings. The van der Waals surface area contributed by atoms with Crippen molar-refractivity contribution in [1.82, 2.24) is 5.32 Å². The smallest absolute Gasteiger partial charge is 0.328 e. The second-order valence-corrected chi connectivity index (χ2v) is 6.12. The summed E-state index contributed by atoms with van der Waals surface area (Å²) < 4.78 is 5.39. The Hall–Kier alpha value is -1.85. The van der Waals surface area contributed by atoms with Gasteiger partial charge in [0.1, 0.15) is 6.04 Å². The maximum absolute atomic E-state index is 12.1. The fourth-order valence-electron chi connectivity index (χ4n) is 1.83. The predicted octanol–water partition coefficient (Wildman–Crippen LogP) is 2.92. The number of halogens is 1. The van der Waals surface area contributed by atoms with Crippen molar-refractivity contribution in [1.29, 1.82) is 0 Å². The molecular formula is C15H14ClNO3S. The molecule has 0 aliphatic carbocycles. The van der Waals surface area contributed by atoms with Crippen LogP contribution in [0.3, 0.4) is 0 Å². The third-order valence-corrected chi connectivity index (χ3v) is 4.11. The maximum Gasteiger partial charge on any atom is 0.328 e. The first-order valence-electron chi connectivity index (χ1n) is 6.28. The van der Waals surface area contributed by atoms with Gasteiger partial charge in [-0.2, -0.15) is 0 Å². The van der Waals surface area contributed by atoms with Crippen LogP contribution in [0.5, 0.6) is 0 Å². The molecule has 4 nitrogen and oxygen atoms in total. The van der Waals surface area contributed by atoms with Gasteiger partial charge < -0.3 is 10.1 Å². The summed E-state index contributed by atoms with van der Waals surface area (Å²) in [5.74, 6) is -0.794. The van der Waals surface area contributed by atoms with E-state index in [0.29, 0.717) is 16.3 Å². The van der Waals surface area contributed by atoms with Crippen molar-refractivity contribution < 1.29 is 14.3 Å². The molecule has 0 aliphatic heterocycles. The van der Waals surface area contributed by atoms with E-state index in [0.717, 1.165) is 4.88 Å². The number of carbonyl (C=O) groups excluding carboxylic acids is 2. The molecule has 1 N–H and O–H groups in total.